The lowest BCUT2D eigenvalue weighted by Crippen LogP contribution is -2.24. The fourth-order valence-electron chi connectivity index (χ4n) is 1.26. The Balaban J connectivity index is 5.09. The Kier molecular flexibility index (Phi) is 5.79. The Morgan fingerprint density at radius 2 is 1.71 bits per heavy atom. The van der Waals surface area contributed by atoms with Gasteiger partial charge < -0.3 is 4.74 Å². The van der Waals surface area contributed by atoms with Gasteiger partial charge in [-0.2, -0.15) is 0 Å². The molecule has 1 unspecified atom stereocenters. The Hall–Kier alpha value is -1.45. The quantitative estimate of drug-likeness (QED) is 0.526. The van der Waals surface area contributed by atoms with Crippen LogP contribution in [0.1, 0.15) is 41.0 Å². The highest BCUT2D eigenvalue weighted by Gasteiger charge is 2.26. The van der Waals surface area contributed by atoms with Gasteiger partial charge in [-0.3, -0.25) is 14.4 Å². The molecule has 0 rings (SSSR count). The zero-order chi connectivity index (χ0) is 13.6. The van der Waals surface area contributed by atoms with Crippen molar-refractivity contribution in [1.29, 1.82) is 0 Å². The smallest absolute Gasteiger partial charge is 0.302 e. The van der Waals surface area contributed by atoms with Gasteiger partial charge in [0.15, 0.2) is 5.78 Å². The maximum absolute atomic E-state index is 11.5. The monoisotopic (exact) mass is 240 g/mol. The molecule has 0 aliphatic rings. The highest BCUT2D eigenvalue weighted by atomic mass is 16.5. The van der Waals surface area contributed by atoms with E-state index in [0.717, 1.165) is 0 Å². The van der Waals surface area contributed by atoms with Crippen LogP contribution in [0.15, 0.2) is 11.6 Å². The number of ketones is 2. The van der Waals surface area contributed by atoms with E-state index in [0.29, 0.717) is 12.0 Å². The molecule has 1 atom stereocenters. The van der Waals surface area contributed by atoms with E-state index in [-0.39, 0.29) is 18.2 Å². The summed E-state index contributed by atoms with van der Waals surface area (Å²) in [4.78, 5) is 33.6. The Labute approximate surface area is 102 Å². The molecule has 0 aromatic carbocycles. The molecule has 0 aliphatic heterocycles. The van der Waals surface area contributed by atoms with Crippen LogP contribution in [0.2, 0.25) is 0 Å². The molecule has 0 amide bonds. The van der Waals surface area contributed by atoms with Gasteiger partial charge in [0.05, 0.1) is 0 Å². The molecule has 0 saturated carbocycles. The molecule has 0 aromatic heterocycles. The summed E-state index contributed by atoms with van der Waals surface area (Å²) in [7, 11) is 0. The largest absolute Gasteiger partial charge is 0.461 e. The third-order valence-corrected chi connectivity index (χ3v) is 2.91. The van der Waals surface area contributed by atoms with Gasteiger partial charge in [0.1, 0.15) is 12.4 Å². The van der Waals surface area contributed by atoms with E-state index in [4.69, 9.17) is 4.74 Å². The minimum absolute atomic E-state index is 0.0124. The number of hydrogen-bond donors (Lipinski definition) is 0. The van der Waals surface area contributed by atoms with Crippen LogP contribution in [0, 0.1) is 5.41 Å². The second-order valence-electron chi connectivity index (χ2n) is 4.33. The van der Waals surface area contributed by atoms with Crippen molar-refractivity contribution in [3.05, 3.63) is 11.6 Å². The number of rotatable bonds is 6. The second-order valence-corrected chi connectivity index (χ2v) is 4.33. The van der Waals surface area contributed by atoms with Crippen LogP contribution in [-0.4, -0.2) is 24.1 Å². The van der Waals surface area contributed by atoms with E-state index in [1.165, 1.54) is 20.8 Å². The van der Waals surface area contributed by atoms with Crippen LogP contribution in [0.4, 0.5) is 0 Å². The Morgan fingerprint density at radius 1 is 1.18 bits per heavy atom. The van der Waals surface area contributed by atoms with Gasteiger partial charge in [0, 0.05) is 17.9 Å². The number of esters is 1. The topological polar surface area (TPSA) is 60.4 Å². The number of allylic oxidation sites excluding steroid dienone is 1. The van der Waals surface area contributed by atoms with Crippen LogP contribution in [-0.2, 0) is 19.1 Å². The van der Waals surface area contributed by atoms with E-state index in [1.807, 2.05) is 6.92 Å². The van der Waals surface area contributed by atoms with Crippen molar-refractivity contribution in [2.24, 2.45) is 5.41 Å². The SMILES string of the molecule is CCC(C)(/C=C(\COC(C)=O)C(C)=O)C(C)=O. The van der Waals surface area contributed by atoms with E-state index in [1.54, 1.807) is 13.0 Å². The lowest BCUT2D eigenvalue weighted by molar-refractivity contribution is -0.140. The van der Waals surface area contributed by atoms with Gasteiger partial charge in [-0.25, -0.2) is 0 Å². The highest BCUT2D eigenvalue weighted by molar-refractivity contribution is 5.95. The molecule has 0 aliphatic carbocycles. The first kappa shape index (κ1) is 15.6. The predicted molar refractivity (Wildman–Crippen MR) is 64.5 cm³/mol. The minimum Gasteiger partial charge on any atom is -0.461 e. The Bertz CT molecular complexity index is 354. The van der Waals surface area contributed by atoms with Gasteiger partial charge in [0.2, 0.25) is 0 Å². The summed E-state index contributed by atoms with van der Waals surface area (Å²) in [6.07, 6.45) is 2.21. The zero-order valence-corrected chi connectivity index (χ0v) is 11.1. The lowest BCUT2D eigenvalue weighted by Gasteiger charge is -2.22. The molecule has 0 bridgehead atoms. The molecule has 96 valence electrons. The van der Waals surface area contributed by atoms with Gasteiger partial charge in [-0.05, 0) is 27.2 Å². The molecular weight excluding hydrogens is 220 g/mol. The van der Waals surface area contributed by atoms with Crippen LogP contribution < -0.4 is 0 Å². The highest BCUT2D eigenvalue weighted by Crippen LogP contribution is 2.26. The predicted octanol–water partition coefficient (Wildman–Crippen LogP) is 2.07. The van der Waals surface area contributed by atoms with E-state index in [9.17, 15) is 14.4 Å². The van der Waals surface area contributed by atoms with Gasteiger partial charge in [-0.15, -0.1) is 0 Å². The third-order valence-electron chi connectivity index (χ3n) is 2.91. The maximum Gasteiger partial charge on any atom is 0.302 e. The van der Waals surface area contributed by atoms with E-state index in [2.05, 4.69) is 0 Å². The fraction of sp³-hybridized carbons (Fsp3) is 0.615. The summed E-state index contributed by atoms with van der Waals surface area (Å²) in [6.45, 7) is 7.73. The van der Waals surface area contributed by atoms with Crippen LogP contribution in [0.5, 0.6) is 0 Å². The van der Waals surface area contributed by atoms with E-state index < -0.39 is 11.4 Å². The van der Waals surface area contributed by atoms with Crippen molar-refractivity contribution < 1.29 is 19.1 Å². The van der Waals surface area contributed by atoms with Crippen molar-refractivity contribution in [2.45, 2.75) is 41.0 Å². The van der Waals surface area contributed by atoms with Crippen molar-refractivity contribution in [2.75, 3.05) is 6.61 Å². The molecule has 0 heterocycles. The molecule has 0 spiro atoms. The molecule has 4 nitrogen and oxygen atoms in total. The normalized spacial score (nSPS) is 15.0. The van der Waals surface area contributed by atoms with E-state index >= 15 is 0 Å². The summed E-state index contributed by atoms with van der Waals surface area (Å²) >= 11 is 0. The van der Waals surface area contributed by atoms with Crippen molar-refractivity contribution in [3.8, 4) is 0 Å². The molecule has 4 heteroatoms. The number of hydrogen-bond acceptors (Lipinski definition) is 4. The number of carbonyl (C=O) groups excluding carboxylic acids is 3. The van der Waals surface area contributed by atoms with Crippen molar-refractivity contribution >= 4 is 17.5 Å². The maximum atomic E-state index is 11.5. The molecule has 0 fully saturated rings. The van der Waals surface area contributed by atoms with Crippen molar-refractivity contribution in [3.63, 3.8) is 0 Å². The first-order valence-electron chi connectivity index (χ1n) is 5.60. The van der Waals surface area contributed by atoms with Crippen LogP contribution in [0.3, 0.4) is 0 Å². The average molecular weight is 240 g/mol. The summed E-state index contributed by atoms with van der Waals surface area (Å²) < 4.78 is 4.80. The molecule has 17 heavy (non-hydrogen) atoms. The second kappa shape index (κ2) is 6.33. The molecule has 0 saturated heterocycles. The average Bonchev–Trinajstić information content (AvgIpc) is 2.22. The first-order chi connectivity index (χ1) is 7.73. The molecule has 0 N–H and O–H groups in total. The van der Waals surface area contributed by atoms with Gasteiger partial charge in [0.25, 0.3) is 0 Å². The van der Waals surface area contributed by atoms with Crippen LogP contribution >= 0.6 is 0 Å². The number of ether oxygens (including phenoxy) is 1. The Morgan fingerprint density at radius 3 is 2.00 bits per heavy atom. The number of Topliss-reactive ketones (excluding diaryl/α,β-unsaturated/α-hetero) is 2. The molecular formula is C13H20O4. The van der Waals surface area contributed by atoms with Crippen molar-refractivity contribution in [1.82, 2.24) is 0 Å². The first-order valence-corrected chi connectivity index (χ1v) is 5.60. The van der Waals surface area contributed by atoms with Gasteiger partial charge in [-0.1, -0.05) is 13.0 Å². The van der Waals surface area contributed by atoms with Crippen LogP contribution in [0.25, 0.3) is 0 Å². The number of carbonyl (C=O) groups is 3. The third kappa shape index (κ3) is 4.93. The lowest BCUT2D eigenvalue weighted by atomic mass is 9.81. The van der Waals surface area contributed by atoms with Gasteiger partial charge >= 0.3 is 5.97 Å². The summed E-state index contributed by atoms with van der Waals surface area (Å²) in [5.74, 6) is -0.646. The standard InChI is InChI=1S/C13H20O4/c1-6-13(5,10(3)15)7-12(9(2)14)8-17-11(4)16/h7H,6,8H2,1-5H3/b12-7+. The summed E-state index contributed by atoms with van der Waals surface area (Å²) in [5, 5.41) is 0. The summed E-state index contributed by atoms with van der Waals surface area (Å²) in [5.41, 5.74) is -0.319. The zero-order valence-electron chi connectivity index (χ0n) is 11.1. The minimum atomic E-state index is -0.679. The molecule has 0 aromatic rings. The fourth-order valence-corrected chi connectivity index (χ4v) is 1.26. The summed E-state index contributed by atoms with van der Waals surface area (Å²) in [6, 6.07) is 0. The molecule has 0 radical (unpaired) electrons.